The van der Waals surface area contributed by atoms with Crippen LogP contribution in [-0.2, 0) is 107 Å². The lowest BCUT2D eigenvalue weighted by molar-refractivity contribution is -0.364. The van der Waals surface area contributed by atoms with Crippen LogP contribution in [0.1, 0.15) is 66.9 Å². The number of amides is 2. The van der Waals surface area contributed by atoms with Gasteiger partial charge in [0, 0.05) is 55.6 Å². The molecular weight excluding hydrogens is 856 g/mol. The fourth-order valence-corrected chi connectivity index (χ4v) is 7.70. The molecule has 2 N–H and O–H groups in total. The van der Waals surface area contributed by atoms with Crippen molar-refractivity contribution in [2.75, 3.05) is 27.4 Å². The minimum atomic E-state index is -2.83. The summed E-state index contributed by atoms with van der Waals surface area (Å²) in [6, 6.07) is 5.94. The summed E-state index contributed by atoms with van der Waals surface area (Å²) in [7, 11) is 2.10. The summed E-state index contributed by atoms with van der Waals surface area (Å²) in [5.74, 6) is -13.4. The number of methoxy groups -OCH3 is 2. The van der Waals surface area contributed by atoms with E-state index in [-0.39, 0.29) is 6.61 Å². The van der Waals surface area contributed by atoms with Crippen LogP contribution in [0.15, 0.2) is 30.3 Å². The largest absolute Gasteiger partial charge is 0.465 e. The molecule has 0 saturated carbocycles. The summed E-state index contributed by atoms with van der Waals surface area (Å²) in [5, 5.41) is 5.24. The zero-order valence-electron chi connectivity index (χ0n) is 36.8. The fourth-order valence-electron chi connectivity index (χ4n) is 7.70. The van der Waals surface area contributed by atoms with E-state index in [1.165, 1.54) is 6.92 Å². The van der Waals surface area contributed by atoms with E-state index in [1.807, 2.05) is 0 Å². The third-order valence-corrected chi connectivity index (χ3v) is 10.0. The van der Waals surface area contributed by atoms with Gasteiger partial charge >= 0.3 is 41.8 Å². The Morgan fingerprint density at radius 3 is 1.84 bits per heavy atom. The molecule has 23 heteroatoms. The van der Waals surface area contributed by atoms with E-state index in [9.17, 15) is 43.2 Å². The van der Waals surface area contributed by atoms with Crippen LogP contribution in [0.4, 0.5) is 0 Å². The van der Waals surface area contributed by atoms with Crippen molar-refractivity contribution in [3.63, 3.8) is 0 Å². The van der Waals surface area contributed by atoms with Gasteiger partial charge in [0.2, 0.25) is 11.8 Å². The summed E-state index contributed by atoms with van der Waals surface area (Å²) in [6.07, 6.45) is -14.5. The average molecular weight is 911 g/mol. The van der Waals surface area contributed by atoms with Crippen molar-refractivity contribution in [3.8, 4) is 0 Å². The molecule has 2 bridgehead atoms. The van der Waals surface area contributed by atoms with E-state index >= 15 is 0 Å². The third-order valence-electron chi connectivity index (χ3n) is 10.0. The van der Waals surface area contributed by atoms with Gasteiger partial charge in [0.25, 0.3) is 11.6 Å². The molecule has 12 atom stereocenters. The molecule has 0 radical (unpaired) electrons. The fraction of sp³-hybridized carbons (Fsp3) is 0.634. The van der Waals surface area contributed by atoms with Crippen LogP contribution < -0.4 is 10.6 Å². The molecule has 3 fully saturated rings. The molecule has 0 spiro atoms. The lowest BCUT2D eigenvalue weighted by Gasteiger charge is -2.53. The summed E-state index contributed by atoms with van der Waals surface area (Å²) in [4.78, 5) is 116. The van der Waals surface area contributed by atoms with E-state index in [0.29, 0.717) is 5.56 Å². The Kier molecular flexibility index (Phi) is 17.7. The van der Waals surface area contributed by atoms with Crippen molar-refractivity contribution in [2.24, 2.45) is 0 Å². The molecule has 1 aromatic rings. The predicted octanol–water partition coefficient (Wildman–Crippen LogP) is -0.397. The Hall–Kier alpha value is -5.75. The normalized spacial score (nSPS) is 28.6. The van der Waals surface area contributed by atoms with Crippen LogP contribution in [-0.4, -0.2) is 154 Å². The molecule has 354 valence electrons. The minimum Gasteiger partial charge on any atom is -0.465 e. The first kappa shape index (κ1) is 50.9. The molecule has 0 unspecified atom stereocenters. The molecule has 3 aliphatic rings. The topological polar surface area (TPSA) is 288 Å². The van der Waals surface area contributed by atoms with Crippen LogP contribution in [0, 0.1) is 0 Å². The number of esters is 7. The van der Waals surface area contributed by atoms with Gasteiger partial charge < -0.3 is 67.5 Å². The first-order valence-electron chi connectivity index (χ1n) is 20.0. The average Bonchev–Trinajstić information content (AvgIpc) is 3.20. The number of hydrogen-bond donors (Lipinski definition) is 2. The quantitative estimate of drug-likeness (QED) is 0.132. The molecule has 64 heavy (non-hydrogen) atoms. The van der Waals surface area contributed by atoms with Gasteiger partial charge in [0.1, 0.15) is 37.1 Å². The maximum Gasteiger partial charge on any atom is 0.367 e. The molecule has 3 aliphatic heterocycles. The second-order valence-electron chi connectivity index (χ2n) is 15.1. The maximum absolute atomic E-state index is 14.4. The van der Waals surface area contributed by atoms with Crippen LogP contribution >= 0.6 is 0 Å². The zero-order chi connectivity index (χ0) is 47.5. The van der Waals surface area contributed by atoms with Crippen LogP contribution in [0.2, 0.25) is 0 Å². The maximum atomic E-state index is 14.4. The van der Waals surface area contributed by atoms with Gasteiger partial charge in [-0.2, -0.15) is 0 Å². The molecule has 2 amide bonds. The second kappa shape index (κ2) is 22.2. The first-order valence-corrected chi connectivity index (χ1v) is 20.0. The van der Waals surface area contributed by atoms with Crippen molar-refractivity contribution in [3.05, 3.63) is 35.9 Å². The molecule has 4 rings (SSSR count). The highest BCUT2D eigenvalue weighted by molar-refractivity contribution is 5.81. The highest BCUT2D eigenvalue weighted by Gasteiger charge is 2.65. The van der Waals surface area contributed by atoms with Gasteiger partial charge in [-0.1, -0.05) is 30.3 Å². The van der Waals surface area contributed by atoms with E-state index in [1.54, 1.807) is 30.3 Å². The molecule has 3 saturated heterocycles. The van der Waals surface area contributed by atoms with Gasteiger partial charge in [-0.3, -0.25) is 33.6 Å². The number of hydrogen-bond acceptors (Lipinski definition) is 21. The van der Waals surface area contributed by atoms with Crippen molar-refractivity contribution >= 4 is 53.6 Å². The van der Waals surface area contributed by atoms with Gasteiger partial charge in [-0.25, -0.2) is 9.59 Å². The number of benzene rings is 1. The standard InChI is InChI=1S/C41H54N2O21/c1-20(44)42-32-28(57-23(4)47)15-40(54-9)39(52)61-35(37(32)63-40)31(18-55-17-27-13-11-10-12-14-27)62-41(38(51)53-8)16-29(58-24(5)48)33(43-21(2)45)36(64-41)34(60-26(7)50)30(59-25(6)49)19-56-22(3)46/h10-14,28-37H,15-19H2,1-9H3,(H,42,44)(H,43,45)/t28-,29-,30+,31+,32+,33+,34+,35+,36+,37+,40-,41-/m0/s1. The van der Waals surface area contributed by atoms with E-state index < -0.39 is 152 Å². The Labute approximate surface area is 367 Å². The number of nitrogens with one attached hydrogen (secondary N) is 2. The Bertz CT molecular complexity index is 1890. The van der Waals surface area contributed by atoms with Gasteiger partial charge in [0.05, 0.1) is 45.2 Å². The molecule has 23 nitrogen and oxygen atoms in total. The number of carbonyl (C=O) groups is 9. The predicted molar refractivity (Wildman–Crippen MR) is 208 cm³/mol. The van der Waals surface area contributed by atoms with E-state index in [4.69, 9.17) is 56.8 Å². The lowest BCUT2D eigenvalue weighted by atomic mass is 9.85. The number of carbonyl (C=O) groups excluding carboxylic acids is 9. The number of fused-ring (bicyclic) bond motifs is 2. The van der Waals surface area contributed by atoms with Crippen LogP contribution in [0.5, 0.6) is 0 Å². The van der Waals surface area contributed by atoms with E-state index in [2.05, 4.69) is 10.6 Å². The highest BCUT2D eigenvalue weighted by Crippen LogP contribution is 2.43. The Morgan fingerprint density at radius 2 is 1.31 bits per heavy atom. The molecule has 0 aromatic heterocycles. The van der Waals surface area contributed by atoms with Crippen molar-refractivity contribution in [1.82, 2.24) is 10.6 Å². The van der Waals surface area contributed by atoms with Gasteiger partial charge in [-0.15, -0.1) is 0 Å². The first-order chi connectivity index (χ1) is 30.1. The van der Waals surface area contributed by atoms with Gasteiger partial charge in [0.15, 0.2) is 18.3 Å². The monoisotopic (exact) mass is 910 g/mol. The minimum absolute atomic E-state index is 0.0930. The summed E-state index contributed by atoms with van der Waals surface area (Å²) >= 11 is 0. The van der Waals surface area contributed by atoms with Crippen molar-refractivity contribution in [2.45, 2.75) is 140 Å². The lowest BCUT2D eigenvalue weighted by Crippen LogP contribution is -2.74. The van der Waals surface area contributed by atoms with Crippen LogP contribution in [0.3, 0.4) is 0 Å². The molecular formula is C41H54N2O21. The number of rotatable bonds is 19. The van der Waals surface area contributed by atoms with Crippen molar-refractivity contribution < 1.29 is 100.0 Å². The molecule has 1 aromatic carbocycles. The Balaban J connectivity index is 1.97. The highest BCUT2D eigenvalue weighted by atomic mass is 16.8. The van der Waals surface area contributed by atoms with Crippen molar-refractivity contribution in [1.29, 1.82) is 0 Å². The smallest absolute Gasteiger partial charge is 0.367 e. The van der Waals surface area contributed by atoms with Crippen LogP contribution in [0.25, 0.3) is 0 Å². The number of ether oxygens (including phenoxy) is 12. The van der Waals surface area contributed by atoms with Gasteiger partial charge in [-0.05, 0) is 5.56 Å². The Morgan fingerprint density at radius 1 is 0.719 bits per heavy atom. The number of cyclic esters (lactones) is 1. The SMILES string of the molecule is COC(=O)[C@]1(O[C@H](COCc2ccccc2)[C@H]2OC(=O)[C@]3(OC)C[C@H](OC(C)=O)[C@@H](NC(C)=O)[C@H]2O3)C[C@H](OC(C)=O)[C@@H](NC(C)=O)[C@H]([C@H](OC(C)=O)[C@@H](COC(C)=O)OC(C)=O)O1. The molecule has 0 aliphatic carbocycles. The summed E-state index contributed by atoms with van der Waals surface area (Å²) in [5.41, 5.74) is 0.665. The molecule has 3 heterocycles. The third kappa shape index (κ3) is 12.9. The zero-order valence-corrected chi connectivity index (χ0v) is 36.8. The van der Waals surface area contributed by atoms with E-state index in [0.717, 1.165) is 55.8 Å². The summed E-state index contributed by atoms with van der Waals surface area (Å²) in [6.45, 7) is 6.00. The second-order valence-corrected chi connectivity index (χ2v) is 15.1. The summed E-state index contributed by atoms with van der Waals surface area (Å²) < 4.78 is 69.7.